The van der Waals surface area contributed by atoms with Gasteiger partial charge in [-0.15, -0.1) is 0 Å². The Bertz CT molecular complexity index is 1560. The van der Waals surface area contributed by atoms with E-state index in [0.29, 0.717) is 23.9 Å². The van der Waals surface area contributed by atoms with Gasteiger partial charge in [0.2, 0.25) is 0 Å². The summed E-state index contributed by atoms with van der Waals surface area (Å²) in [7, 11) is 5.94. The molecule has 0 saturated carbocycles. The number of hydrogen-bond acceptors (Lipinski definition) is 8. The quantitative estimate of drug-likeness (QED) is 0.0195. The third kappa shape index (κ3) is 64.1. The van der Waals surface area contributed by atoms with Crippen molar-refractivity contribution in [2.24, 2.45) is 0 Å². The van der Waals surface area contributed by atoms with Crippen molar-refractivity contribution in [3.8, 4) is 0 Å². The lowest BCUT2D eigenvalue weighted by atomic mass is 10.0. The molecule has 81 heavy (non-hydrogen) atoms. The molecule has 9 heteroatoms. The van der Waals surface area contributed by atoms with Crippen LogP contribution in [0.15, 0.2) is 72.9 Å². The first-order valence-electron chi connectivity index (χ1n) is 34.1. The molecule has 0 aromatic carbocycles. The molecule has 470 valence electrons. The fraction of sp³-hybridized carbons (Fsp3) is 0.792. The normalized spacial score (nSPS) is 13.1. The molecule has 0 saturated heterocycles. The molecule has 9 nitrogen and oxygen atoms in total. The number of rotatable bonds is 63. The average Bonchev–Trinajstić information content (AvgIpc) is 3.44. The van der Waals surface area contributed by atoms with Crippen LogP contribution < -0.4 is 5.11 Å². The number of nitrogens with zero attached hydrogens (tertiary/aromatic N) is 1. The molecule has 2 unspecified atom stereocenters. The summed E-state index contributed by atoms with van der Waals surface area (Å²) >= 11 is 0. The molecule has 0 aromatic heterocycles. The van der Waals surface area contributed by atoms with Crippen molar-refractivity contribution >= 4 is 17.9 Å². The number of carbonyl (C=O) groups is 3. The summed E-state index contributed by atoms with van der Waals surface area (Å²) in [6, 6.07) is 0. The maximum Gasteiger partial charge on any atom is 0.306 e. The van der Waals surface area contributed by atoms with Gasteiger partial charge in [0, 0.05) is 12.8 Å². The van der Waals surface area contributed by atoms with E-state index in [1.807, 2.05) is 21.1 Å². The molecule has 0 aliphatic heterocycles. The molecule has 0 aliphatic rings. The van der Waals surface area contributed by atoms with E-state index in [9.17, 15) is 19.5 Å². The van der Waals surface area contributed by atoms with Crippen LogP contribution in [0.4, 0.5) is 0 Å². The highest BCUT2D eigenvalue weighted by Gasteiger charge is 2.22. The van der Waals surface area contributed by atoms with Gasteiger partial charge in [-0.1, -0.05) is 286 Å². The second kappa shape index (κ2) is 62.8. The summed E-state index contributed by atoms with van der Waals surface area (Å²) in [5.41, 5.74) is 0. The maximum atomic E-state index is 12.9. The first-order valence-corrected chi connectivity index (χ1v) is 34.1. The van der Waals surface area contributed by atoms with Gasteiger partial charge in [-0.2, -0.15) is 0 Å². The monoisotopic (exact) mass is 1140 g/mol. The number of carbonyl (C=O) groups excluding carboxylic acids is 3. The summed E-state index contributed by atoms with van der Waals surface area (Å²) in [5.74, 6) is -2.27. The zero-order chi connectivity index (χ0) is 59.1. The molecule has 0 heterocycles. The Morgan fingerprint density at radius 3 is 1.05 bits per heavy atom. The Morgan fingerprint density at radius 2 is 0.704 bits per heavy atom. The minimum atomic E-state index is -1.62. The van der Waals surface area contributed by atoms with Crippen LogP contribution in [-0.2, 0) is 33.3 Å². The second-order valence-corrected chi connectivity index (χ2v) is 24.1. The number of unbranched alkanes of at least 4 members (excludes halogenated alkanes) is 36. The van der Waals surface area contributed by atoms with Crippen molar-refractivity contribution in [2.75, 3.05) is 47.5 Å². The number of esters is 2. The Balaban J connectivity index is 4.11. The van der Waals surface area contributed by atoms with Crippen molar-refractivity contribution in [2.45, 2.75) is 322 Å². The lowest BCUT2D eigenvalue weighted by Crippen LogP contribution is -2.44. The molecular weight excluding hydrogens is 1010 g/mol. The van der Waals surface area contributed by atoms with E-state index in [2.05, 4.69) is 86.8 Å². The molecule has 0 fully saturated rings. The topological polar surface area (TPSA) is 111 Å². The van der Waals surface area contributed by atoms with Gasteiger partial charge in [-0.3, -0.25) is 9.59 Å². The molecular formula is C72H129NO8. The number of carboxylic acids is 1. The van der Waals surface area contributed by atoms with Crippen LogP contribution in [0.25, 0.3) is 0 Å². The summed E-state index contributed by atoms with van der Waals surface area (Å²) in [5, 5.41) is 11.8. The molecule has 0 aromatic rings. The van der Waals surface area contributed by atoms with Crippen molar-refractivity contribution in [3.05, 3.63) is 72.9 Å². The molecule has 0 N–H and O–H groups in total. The third-order valence-corrected chi connectivity index (χ3v) is 14.9. The van der Waals surface area contributed by atoms with Crippen molar-refractivity contribution in [3.63, 3.8) is 0 Å². The van der Waals surface area contributed by atoms with Crippen molar-refractivity contribution < 1.29 is 42.9 Å². The Labute approximate surface area is 500 Å². The van der Waals surface area contributed by atoms with Gasteiger partial charge in [0.05, 0.1) is 40.3 Å². The van der Waals surface area contributed by atoms with Crippen LogP contribution in [0.1, 0.15) is 309 Å². The number of allylic oxidation sites excluding steroid dienone is 12. The first-order chi connectivity index (χ1) is 39.6. The number of likely N-dealkylation sites (N-methyl/N-ethyl adjacent to an activating group) is 1. The van der Waals surface area contributed by atoms with Crippen LogP contribution in [0.5, 0.6) is 0 Å². The van der Waals surface area contributed by atoms with Crippen molar-refractivity contribution in [1.82, 2.24) is 0 Å². The van der Waals surface area contributed by atoms with Crippen LogP contribution in [-0.4, -0.2) is 82.3 Å². The third-order valence-electron chi connectivity index (χ3n) is 14.9. The Hall–Kier alpha value is -3.27. The van der Waals surface area contributed by atoms with Crippen LogP contribution in [0.2, 0.25) is 0 Å². The molecule has 0 bridgehead atoms. The summed E-state index contributed by atoms with van der Waals surface area (Å²) in [6.07, 6.45) is 79.7. The van der Waals surface area contributed by atoms with Gasteiger partial charge in [0.1, 0.15) is 13.2 Å². The smallest absolute Gasteiger partial charge is 0.306 e. The number of hydrogen-bond donors (Lipinski definition) is 0. The second-order valence-electron chi connectivity index (χ2n) is 24.1. The average molecular weight is 1140 g/mol. The van der Waals surface area contributed by atoms with Gasteiger partial charge >= 0.3 is 11.9 Å². The van der Waals surface area contributed by atoms with Gasteiger partial charge in [0.25, 0.3) is 0 Å². The van der Waals surface area contributed by atoms with E-state index in [1.165, 1.54) is 212 Å². The van der Waals surface area contributed by atoms with E-state index in [0.717, 1.165) is 64.2 Å². The summed E-state index contributed by atoms with van der Waals surface area (Å²) in [4.78, 5) is 37.5. The summed E-state index contributed by atoms with van der Waals surface area (Å²) in [6.45, 7) is 4.67. The minimum Gasteiger partial charge on any atom is -0.545 e. The maximum absolute atomic E-state index is 12.9. The number of quaternary nitrogens is 1. The van der Waals surface area contributed by atoms with Gasteiger partial charge in [-0.05, 0) is 83.5 Å². The largest absolute Gasteiger partial charge is 0.545 e. The van der Waals surface area contributed by atoms with E-state index in [1.54, 1.807) is 0 Å². The van der Waals surface area contributed by atoms with Gasteiger partial charge < -0.3 is 33.3 Å². The fourth-order valence-electron chi connectivity index (χ4n) is 9.74. The highest BCUT2D eigenvalue weighted by molar-refractivity contribution is 5.70. The SMILES string of the molecule is CC/C=C\C/C=C\C/C=C\C/C=C\CCCCCCCCCCCCCCCCCCC(=O)OC(COC(=O)CCCCCCCCCCCCCCCCC/C=C\C/C=C\CCCCCCC)COC(OCC[N+](C)(C)C)C(=O)[O-]. The van der Waals surface area contributed by atoms with E-state index < -0.39 is 24.3 Å². The molecule has 2 atom stereocenters. The molecule has 0 aliphatic carbocycles. The lowest BCUT2D eigenvalue weighted by Gasteiger charge is -2.26. The van der Waals surface area contributed by atoms with Crippen LogP contribution in [0.3, 0.4) is 0 Å². The van der Waals surface area contributed by atoms with Crippen LogP contribution >= 0.6 is 0 Å². The van der Waals surface area contributed by atoms with E-state index >= 15 is 0 Å². The predicted molar refractivity (Wildman–Crippen MR) is 343 cm³/mol. The van der Waals surface area contributed by atoms with Crippen LogP contribution in [0, 0.1) is 0 Å². The molecule has 0 spiro atoms. The van der Waals surface area contributed by atoms with E-state index in [4.69, 9.17) is 18.9 Å². The molecule has 0 radical (unpaired) electrons. The van der Waals surface area contributed by atoms with Gasteiger partial charge in [-0.25, -0.2) is 0 Å². The number of ether oxygens (including phenoxy) is 4. The number of carboxylic acid groups (broad SMARTS) is 1. The minimum absolute atomic E-state index is 0.147. The Kier molecular flexibility index (Phi) is 60.2. The zero-order valence-electron chi connectivity index (χ0n) is 53.7. The van der Waals surface area contributed by atoms with Gasteiger partial charge in [0.15, 0.2) is 12.4 Å². The van der Waals surface area contributed by atoms with E-state index in [-0.39, 0.29) is 32.2 Å². The Morgan fingerprint density at radius 1 is 0.383 bits per heavy atom. The first kappa shape index (κ1) is 77.7. The summed E-state index contributed by atoms with van der Waals surface area (Å²) < 4.78 is 22.8. The van der Waals surface area contributed by atoms with Crippen molar-refractivity contribution in [1.29, 1.82) is 0 Å². The molecule has 0 rings (SSSR count). The fourth-order valence-corrected chi connectivity index (χ4v) is 9.74. The highest BCUT2D eigenvalue weighted by Crippen LogP contribution is 2.18. The zero-order valence-corrected chi connectivity index (χ0v) is 53.7. The highest BCUT2D eigenvalue weighted by atomic mass is 16.7. The predicted octanol–water partition coefficient (Wildman–Crippen LogP) is 19.6. The number of aliphatic carboxylic acids is 1. The molecule has 0 amide bonds. The lowest BCUT2D eigenvalue weighted by molar-refractivity contribution is -0.870. The standard InChI is InChI=1S/C72H129NO8/c1-6-8-10-12-14-16-18-20-22-24-26-28-30-32-34-35-37-39-41-43-45-47-49-51-53-55-57-59-61-63-70(75)81-68(67-80-72(71(76)77)78-65-64-73(3,4)5)66-79-69(74)62-60-58-56-54-52-50-48-46-44-42-40-38-36-33-31-29-27-25-23-21-19-17-15-13-11-9-7-2/h8,10,14,16,19-22,25-28,68,72H,6-7,9,11-13,15,17-18,23-24,29-67H2,1-5H3/b10-8-,16-14-,21-19-,22-20-,27-25-,28-26-.